The number of carbonyl (C=O) groups is 5. The summed E-state index contributed by atoms with van der Waals surface area (Å²) in [7, 11) is 0. The molecule has 10 unspecified atom stereocenters. The Balaban J connectivity index is 0.000000171. The first-order chi connectivity index (χ1) is 43.2. The average molecular weight is 1210 g/mol. The monoisotopic (exact) mass is 1210 g/mol. The highest BCUT2D eigenvalue weighted by atomic mass is 16.3. The normalized spacial score (nSPS) is 21.4. The van der Waals surface area contributed by atoms with Gasteiger partial charge in [0.1, 0.15) is 28.5 Å². The molecule has 10 atom stereocenters. The first kappa shape index (κ1) is 64.0. The van der Waals surface area contributed by atoms with Crippen molar-refractivity contribution in [1.82, 2.24) is 30.7 Å². The van der Waals surface area contributed by atoms with Crippen molar-refractivity contribution in [2.45, 2.75) is 108 Å². The zero-order chi connectivity index (χ0) is 62.4. The Morgan fingerprint density at radius 1 is 0.584 bits per heavy atom. The average Bonchev–Trinajstić information content (AvgIpc) is 2.51. The van der Waals surface area contributed by atoms with E-state index in [0.717, 1.165) is 74.2 Å². The standard InChI is InChI=1S/C36H41N3O5.C27H35N3O4.C9H6O2/c1-24(40)32-23-38(22-30-19-27-12-6-8-14-34(27)44-30)15-16-39(32)21-29(41)18-28(17-25-9-3-2-4-10-25)36(43)37-35-31-13-7-5-11-26(31)20-33(35)42;1-18(31)24-16-28-11-12-30(24)17-22(32)14-21(13-19-7-3-2-4-8-19)27(34)29-26-23-10-6-5-9-20(23)15-25(26)33;10-6-8-5-7-3-1-2-4-9(7)11-8/h2-14,19,28-29,32-33,35,41-42H,15-18,20-23H2,1H3,(H,37,43);2-10,21-22,24-26,28,32-33H,11-17H2,1H3,(H,29,34);1-6H. The Morgan fingerprint density at radius 3 is 1.56 bits per heavy atom. The Kier molecular flexibility index (Phi) is 21.9. The van der Waals surface area contributed by atoms with Gasteiger partial charge in [0.15, 0.2) is 12.0 Å². The van der Waals surface area contributed by atoms with E-state index in [0.29, 0.717) is 83.5 Å². The van der Waals surface area contributed by atoms with Crippen molar-refractivity contribution in [3.63, 3.8) is 0 Å². The number of nitrogens with zero attached hydrogens (tertiary/aromatic N) is 3. The summed E-state index contributed by atoms with van der Waals surface area (Å²) >= 11 is 0. The molecule has 0 spiro atoms. The molecule has 466 valence electrons. The van der Waals surface area contributed by atoms with Gasteiger partial charge >= 0.3 is 0 Å². The lowest BCUT2D eigenvalue weighted by Crippen LogP contribution is -2.57. The topological polar surface area (TPSA) is 238 Å². The summed E-state index contributed by atoms with van der Waals surface area (Å²) in [6.07, 6.45) is 0.298. The number of fused-ring (bicyclic) bond motifs is 4. The summed E-state index contributed by atoms with van der Waals surface area (Å²) < 4.78 is 11.2. The van der Waals surface area contributed by atoms with Crippen LogP contribution in [-0.4, -0.2) is 154 Å². The van der Waals surface area contributed by atoms with E-state index in [2.05, 4.69) is 31.8 Å². The van der Waals surface area contributed by atoms with Crippen LogP contribution in [0.15, 0.2) is 179 Å². The molecule has 0 radical (unpaired) electrons. The van der Waals surface area contributed by atoms with E-state index in [1.54, 1.807) is 19.9 Å². The number of rotatable bonds is 21. The molecule has 89 heavy (non-hydrogen) atoms. The number of β-amino-alcohol motifs (C(OH)–C–C–N with tert-alkyl or cyclic N) is 2. The molecule has 2 aliphatic heterocycles. The van der Waals surface area contributed by atoms with Gasteiger partial charge in [-0.2, -0.15) is 0 Å². The maximum absolute atomic E-state index is 13.7. The number of hydrogen-bond acceptors (Lipinski definition) is 15. The summed E-state index contributed by atoms with van der Waals surface area (Å²) in [4.78, 5) is 68.5. The predicted molar refractivity (Wildman–Crippen MR) is 341 cm³/mol. The lowest BCUT2D eigenvalue weighted by atomic mass is 9.91. The van der Waals surface area contributed by atoms with Gasteiger partial charge in [-0.1, -0.05) is 146 Å². The maximum Gasteiger partial charge on any atom is 0.224 e. The van der Waals surface area contributed by atoms with Gasteiger partial charge in [0.05, 0.1) is 55.1 Å². The molecule has 8 aromatic rings. The van der Waals surface area contributed by atoms with Gasteiger partial charge in [0, 0.05) is 87.8 Å². The molecule has 4 aliphatic rings. The highest BCUT2D eigenvalue weighted by Crippen LogP contribution is 2.34. The number of piperazine rings is 2. The van der Waals surface area contributed by atoms with E-state index in [1.165, 1.54) is 0 Å². The number of furan rings is 2. The van der Waals surface area contributed by atoms with Gasteiger partial charge in [-0.05, 0) is 97.2 Å². The van der Waals surface area contributed by atoms with Crippen LogP contribution < -0.4 is 16.0 Å². The molecule has 2 amide bonds. The molecule has 2 fully saturated rings. The van der Waals surface area contributed by atoms with Crippen LogP contribution in [0.1, 0.15) is 88.5 Å². The number of Topliss-reactive ketones (excluding diaryl/α,β-unsaturated/α-hetero) is 2. The van der Waals surface area contributed by atoms with Gasteiger partial charge in [-0.3, -0.25) is 38.7 Å². The van der Waals surface area contributed by atoms with Gasteiger partial charge in [0.2, 0.25) is 11.8 Å². The molecule has 2 aromatic heterocycles. The van der Waals surface area contributed by atoms with Crippen LogP contribution in [0.5, 0.6) is 0 Å². The summed E-state index contributed by atoms with van der Waals surface area (Å²) in [5.74, 6) is 0.0527. The van der Waals surface area contributed by atoms with E-state index < -0.39 is 48.3 Å². The van der Waals surface area contributed by atoms with Crippen LogP contribution in [0.2, 0.25) is 0 Å². The van der Waals surface area contributed by atoms with E-state index in [1.807, 2.05) is 163 Å². The highest BCUT2D eigenvalue weighted by Gasteiger charge is 2.38. The van der Waals surface area contributed by atoms with Crippen LogP contribution in [-0.2, 0) is 51.4 Å². The predicted octanol–water partition coefficient (Wildman–Crippen LogP) is 7.37. The lowest BCUT2D eigenvalue weighted by molar-refractivity contribution is -0.129. The number of nitrogens with one attached hydrogen (secondary N) is 3. The maximum atomic E-state index is 13.7. The van der Waals surface area contributed by atoms with Crippen molar-refractivity contribution in [2.75, 3.05) is 52.4 Å². The first-order valence-corrected chi connectivity index (χ1v) is 31.1. The van der Waals surface area contributed by atoms with Crippen molar-refractivity contribution >= 4 is 51.6 Å². The quantitative estimate of drug-likeness (QED) is 0.0348. The van der Waals surface area contributed by atoms with Crippen molar-refractivity contribution in [2.24, 2.45) is 11.8 Å². The highest BCUT2D eigenvalue weighted by molar-refractivity contribution is 5.85. The van der Waals surface area contributed by atoms with Gasteiger partial charge in [0.25, 0.3) is 0 Å². The number of benzene rings is 6. The molecule has 17 nitrogen and oxygen atoms in total. The number of hydrogen-bond donors (Lipinski definition) is 7. The van der Waals surface area contributed by atoms with Crippen LogP contribution in [0.25, 0.3) is 21.9 Å². The van der Waals surface area contributed by atoms with Crippen molar-refractivity contribution < 1.29 is 53.2 Å². The SMILES string of the molecule is CC(=O)C1CN(Cc2cc3ccccc3o2)CCN1CC(O)CC(Cc1ccccc1)C(=O)NC1c2ccccc2CC1O.CC(=O)C1CNCCN1CC(O)CC(Cc1ccccc1)C(=O)NC1c2ccccc2CC1O.O=Cc1cc2ccccc2o1. The van der Waals surface area contributed by atoms with Crippen molar-refractivity contribution in [3.8, 4) is 0 Å². The van der Waals surface area contributed by atoms with E-state index in [-0.39, 0.29) is 48.3 Å². The Labute approximate surface area is 519 Å². The summed E-state index contributed by atoms with van der Waals surface area (Å²) in [6, 6.07) is 52.9. The number of aliphatic hydroxyl groups is 4. The zero-order valence-corrected chi connectivity index (χ0v) is 50.6. The second-order valence-corrected chi connectivity index (χ2v) is 24.2. The van der Waals surface area contributed by atoms with Gasteiger partial charge < -0.3 is 45.2 Å². The summed E-state index contributed by atoms with van der Waals surface area (Å²) in [5.41, 5.74) is 7.63. The summed E-state index contributed by atoms with van der Waals surface area (Å²) in [5, 5.41) is 55.1. The van der Waals surface area contributed by atoms with Crippen molar-refractivity contribution in [1.29, 1.82) is 0 Å². The molecule has 7 N–H and O–H groups in total. The second kappa shape index (κ2) is 30.5. The fraction of sp³-hybridized carbons (Fsp3) is 0.375. The van der Waals surface area contributed by atoms with E-state index in [9.17, 15) is 44.4 Å². The number of ketones is 2. The number of amides is 2. The molecule has 4 heterocycles. The Morgan fingerprint density at radius 2 is 1.06 bits per heavy atom. The van der Waals surface area contributed by atoms with Gasteiger partial charge in [-0.15, -0.1) is 0 Å². The van der Waals surface area contributed by atoms with Crippen molar-refractivity contribution in [3.05, 3.63) is 215 Å². The molecule has 17 heteroatoms. The third-order valence-corrected chi connectivity index (χ3v) is 17.7. The minimum atomic E-state index is -0.806. The third-order valence-electron chi connectivity index (χ3n) is 17.7. The molecule has 12 rings (SSSR count). The number of aliphatic hydroxyl groups excluding tert-OH is 4. The minimum absolute atomic E-state index is 0.0546. The third kappa shape index (κ3) is 16.9. The Hall–Kier alpha value is -7.97. The van der Waals surface area contributed by atoms with Gasteiger partial charge in [-0.25, -0.2) is 0 Å². The van der Waals surface area contributed by atoms with Crippen LogP contribution in [0, 0.1) is 11.8 Å². The summed E-state index contributed by atoms with van der Waals surface area (Å²) in [6.45, 7) is 8.38. The fourth-order valence-electron chi connectivity index (χ4n) is 13.1. The minimum Gasteiger partial charge on any atom is -0.460 e. The van der Waals surface area contributed by atoms with E-state index in [4.69, 9.17) is 8.83 Å². The molecular formula is C72H82N6O11. The first-order valence-electron chi connectivity index (χ1n) is 31.1. The molecule has 0 bridgehead atoms. The largest absolute Gasteiger partial charge is 0.460 e. The molecule has 2 saturated heterocycles. The number of carbonyl (C=O) groups excluding carboxylic acids is 5. The molecule has 0 saturated carbocycles. The van der Waals surface area contributed by atoms with Crippen LogP contribution in [0.4, 0.5) is 0 Å². The van der Waals surface area contributed by atoms with E-state index >= 15 is 0 Å². The van der Waals surface area contributed by atoms with Crippen LogP contribution >= 0.6 is 0 Å². The molecule has 6 aromatic carbocycles. The molecular weight excluding hydrogens is 1120 g/mol. The number of aldehydes is 1. The second-order valence-electron chi connectivity index (χ2n) is 24.2. The molecule has 2 aliphatic carbocycles. The number of para-hydroxylation sites is 2. The lowest BCUT2D eigenvalue weighted by Gasteiger charge is -2.41. The smallest absolute Gasteiger partial charge is 0.224 e. The zero-order valence-electron chi connectivity index (χ0n) is 50.6. The fourth-order valence-corrected chi connectivity index (χ4v) is 13.1. The Bertz CT molecular complexity index is 3580. The van der Waals surface area contributed by atoms with Crippen LogP contribution in [0.3, 0.4) is 0 Å².